The Balaban J connectivity index is 1.95. The third-order valence-corrected chi connectivity index (χ3v) is 3.44. The fraction of sp³-hybridized carbons (Fsp3) is 0.111. The van der Waals surface area contributed by atoms with Crippen molar-refractivity contribution in [2.75, 3.05) is 0 Å². The highest BCUT2D eigenvalue weighted by atomic mass is 19.4. The van der Waals surface area contributed by atoms with E-state index in [0.29, 0.717) is 17.1 Å². The predicted molar refractivity (Wildman–Crippen MR) is 85.5 cm³/mol. The first-order valence-corrected chi connectivity index (χ1v) is 7.23. The lowest BCUT2D eigenvalue weighted by Crippen LogP contribution is -2.11. The van der Waals surface area contributed by atoms with Gasteiger partial charge >= 0.3 is 6.18 Å². The van der Waals surface area contributed by atoms with Gasteiger partial charge in [-0.25, -0.2) is 4.98 Å². The molecule has 0 aliphatic carbocycles. The van der Waals surface area contributed by atoms with Crippen LogP contribution in [0.5, 0.6) is 0 Å². The van der Waals surface area contributed by atoms with Gasteiger partial charge in [0, 0.05) is 17.2 Å². The number of hydrogen-bond acceptors (Lipinski definition) is 2. The van der Waals surface area contributed by atoms with Gasteiger partial charge in [-0.3, -0.25) is 4.79 Å². The summed E-state index contributed by atoms with van der Waals surface area (Å²) in [5, 5.41) is 0. The van der Waals surface area contributed by atoms with Crippen LogP contribution in [0.2, 0.25) is 0 Å². The van der Waals surface area contributed by atoms with E-state index >= 15 is 0 Å². The van der Waals surface area contributed by atoms with E-state index in [0.717, 1.165) is 5.56 Å². The lowest BCUT2D eigenvalue weighted by Gasteiger charge is -2.08. The highest BCUT2D eigenvalue weighted by Crippen LogP contribution is 2.24. The first kappa shape index (κ1) is 16.0. The van der Waals surface area contributed by atoms with Crippen LogP contribution in [-0.4, -0.2) is 16.1 Å². The third-order valence-electron chi connectivity index (χ3n) is 3.44. The van der Waals surface area contributed by atoms with Gasteiger partial charge in [-0.2, -0.15) is 13.2 Å². The van der Waals surface area contributed by atoms with E-state index in [1.165, 1.54) is 30.3 Å². The Hall–Kier alpha value is -2.89. The van der Waals surface area contributed by atoms with Gasteiger partial charge in [-0.15, -0.1) is 0 Å². The molecule has 0 unspecified atom stereocenters. The summed E-state index contributed by atoms with van der Waals surface area (Å²) >= 11 is 0. The molecule has 0 radical (unpaired) electrons. The lowest BCUT2D eigenvalue weighted by atomic mass is 10.1. The number of H-pyrrole nitrogens is 1. The van der Waals surface area contributed by atoms with Crippen molar-refractivity contribution in [2.45, 2.75) is 12.6 Å². The average Bonchev–Trinajstić information content (AvgIpc) is 2.54. The van der Waals surface area contributed by atoms with Gasteiger partial charge < -0.3 is 4.98 Å². The zero-order valence-electron chi connectivity index (χ0n) is 12.5. The highest BCUT2D eigenvalue weighted by Gasteiger charge is 2.27. The van der Waals surface area contributed by atoms with Gasteiger partial charge in [0.2, 0.25) is 0 Å². The molecule has 0 aliphatic rings. The monoisotopic (exact) mass is 330 g/mol. The van der Waals surface area contributed by atoms with Crippen LogP contribution < -0.4 is 5.56 Å². The molecule has 3 nitrogen and oxygen atoms in total. The fourth-order valence-electron chi connectivity index (χ4n) is 2.36. The van der Waals surface area contributed by atoms with Crippen molar-refractivity contribution in [3.05, 3.63) is 76.6 Å². The van der Waals surface area contributed by atoms with Crippen LogP contribution in [-0.2, 0) is 6.42 Å². The molecule has 6 heteroatoms. The summed E-state index contributed by atoms with van der Waals surface area (Å²) in [4.78, 5) is 18.9. The molecule has 3 aromatic rings. The molecule has 0 spiro atoms. The number of aromatic amines is 1. The van der Waals surface area contributed by atoms with Crippen LogP contribution in [0.25, 0.3) is 22.6 Å². The molecule has 0 aliphatic heterocycles. The third kappa shape index (κ3) is 3.90. The minimum Gasteiger partial charge on any atom is -0.306 e. The number of benzene rings is 2. The molecule has 0 amide bonds. The SMILES string of the molecule is O=c1cc(-c2ccccc2)nc(-c2ccc(CC(F)(F)F)cc2)[nH]1. The van der Waals surface area contributed by atoms with Crippen LogP contribution in [0.4, 0.5) is 13.2 Å². The largest absolute Gasteiger partial charge is 0.393 e. The van der Waals surface area contributed by atoms with Crippen LogP contribution in [0.1, 0.15) is 5.56 Å². The van der Waals surface area contributed by atoms with E-state index < -0.39 is 12.6 Å². The van der Waals surface area contributed by atoms with Crippen molar-refractivity contribution in [3.8, 4) is 22.6 Å². The predicted octanol–water partition coefficient (Wildman–Crippen LogP) is 4.21. The first-order chi connectivity index (χ1) is 11.4. The van der Waals surface area contributed by atoms with E-state index in [-0.39, 0.29) is 11.1 Å². The van der Waals surface area contributed by atoms with E-state index in [4.69, 9.17) is 0 Å². The Labute approximate surface area is 135 Å². The van der Waals surface area contributed by atoms with Gasteiger partial charge in [-0.05, 0) is 5.56 Å². The summed E-state index contributed by atoms with van der Waals surface area (Å²) < 4.78 is 37.2. The van der Waals surface area contributed by atoms with Crippen molar-refractivity contribution >= 4 is 0 Å². The van der Waals surface area contributed by atoms with Crippen LogP contribution in [0.3, 0.4) is 0 Å². The van der Waals surface area contributed by atoms with Crippen molar-refractivity contribution in [2.24, 2.45) is 0 Å². The van der Waals surface area contributed by atoms with Gasteiger partial charge in [0.1, 0.15) is 5.82 Å². The second-order valence-electron chi connectivity index (χ2n) is 5.33. The highest BCUT2D eigenvalue weighted by molar-refractivity contribution is 5.63. The molecule has 1 aromatic heterocycles. The summed E-state index contributed by atoms with van der Waals surface area (Å²) in [6.45, 7) is 0. The van der Waals surface area contributed by atoms with Crippen molar-refractivity contribution in [1.82, 2.24) is 9.97 Å². The maximum absolute atomic E-state index is 12.4. The standard InChI is InChI=1S/C18H13F3N2O/c19-18(20,21)11-12-6-8-14(9-7-12)17-22-15(10-16(24)23-17)13-4-2-1-3-5-13/h1-10H,11H2,(H,22,23,24). The fourth-order valence-corrected chi connectivity index (χ4v) is 2.36. The number of nitrogens with one attached hydrogen (secondary N) is 1. The van der Waals surface area contributed by atoms with E-state index in [1.807, 2.05) is 30.3 Å². The lowest BCUT2D eigenvalue weighted by molar-refractivity contribution is -0.127. The molecule has 0 fully saturated rings. The number of nitrogens with zero attached hydrogens (tertiary/aromatic N) is 1. The average molecular weight is 330 g/mol. The molecular weight excluding hydrogens is 317 g/mol. The smallest absolute Gasteiger partial charge is 0.306 e. The van der Waals surface area contributed by atoms with E-state index in [2.05, 4.69) is 9.97 Å². The summed E-state index contributed by atoms with van der Waals surface area (Å²) in [5.74, 6) is 0.319. The first-order valence-electron chi connectivity index (χ1n) is 7.23. The molecule has 122 valence electrons. The van der Waals surface area contributed by atoms with Gasteiger partial charge in [0.05, 0.1) is 12.1 Å². The second kappa shape index (κ2) is 6.31. The van der Waals surface area contributed by atoms with Gasteiger partial charge in [0.25, 0.3) is 5.56 Å². The number of halogens is 3. The number of hydrogen-bond donors (Lipinski definition) is 1. The van der Waals surface area contributed by atoms with Crippen LogP contribution in [0.15, 0.2) is 65.5 Å². The van der Waals surface area contributed by atoms with Crippen molar-refractivity contribution < 1.29 is 13.2 Å². The number of aromatic nitrogens is 2. The van der Waals surface area contributed by atoms with Crippen LogP contribution in [0, 0.1) is 0 Å². The number of alkyl halides is 3. The maximum atomic E-state index is 12.4. The Morgan fingerprint density at radius 2 is 1.58 bits per heavy atom. The Kier molecular flexibility index (Phi) is 4.20. The normalized spacial score (nSPS) is 11.5. The van der Waals surface area contributed by atoms with Crippen molar-refractivity contribution in [3.63, 3.8) is 0 Å². The molecule has 2 aromatic carbocycles. The quantitative estimate of drug-likeness (QED) is 0.782. The molecule has 0 saturated heterocycles. The molecule has 1 N–H and O–H groups in total. The molecular formula is C18H13F3N2O. The Morgan fingerprint density at radius 3 is 2.21 bits per heavy atom. The maximum Gasteiger partial charge on any atom is 0.393 e. The molecule has 0 bridgehead atoms. The number of rotatable bonds is 3. The Morgan fingerprint density at radius 1 is 0.917 bits per heavy atom. The summed E-state index contributed by atoms with van der Waals surface area (Å²) in [6, 6.07) is 16.4. The molecule has 0 saturated carbocycles. The van der Waals surface area contributed by atoms with Gasteiger partial charge in [-0.1, -0.05) is 54.6 Å². The zero-order valence-corrected chi connectivity index (χ0v) is 12.5. The van der Waals surface area contributed by atoms with Gasteiger partial charge in [0.15, 0.2) is 0 Å². The molecule has 24 heavy (non-hydrogen) atoms. The molecule has 3 rings (SSSR count). The molecule has 0 atom stereocenters. The van der Waals surface area contributed by atoms with E-state index in [1.54, 1.807) is 0 Å². The summed E-state index contributed by atoms with van der Waals surface area (Å²) in [6.07, 6.45) is -5.23. The summed E-state index contributed by atoms with van der Waals surface area (Å²) in [7, 11) is 0. The molecule has 1 heterocycles. The minimum atomic E-state index is -4.25. The Bertz CT molecular complexity index is 885. The zero-order chi connectivity index (χ0) is 17.2. The summed E-state index contributed by atoms with van der Waals surface area (Å²) in [5.41, 5.74) is 1.69. The topological polar surface area (TPSA) is 45.8 Å². The van der Waals surface area contributed by atoms with Crippen molar-refractivity contribution in [1.29, 1.82) is 0 Å². The second-order valence-corrected chi connectivity index (χ2v) is 5.33. The minimum absolute atomic E-state index is 0.160. The van der Waals surface area contributed by atoms with E-state index in [9.17, 15) is 18.0 Å². The van der Waals surface area contributed by atoms with Crippen LogP contribution >= 0.6 is 0 Å².